The van der Waals surface area contributed by atoms with E-state index in [1.165, 1.54) is 0 Å². The van der Waals surface area contributed by atoms with Crippen molar-refractivity contribution >= 4 is 30.7 Å². The molecule has 1 amide bonds. The fourth-order valence-electron chi connectivity index (χ4n) is 5.45. The van der Waals surface area contributed by atoms with Gasteiger partial charge >= 0.3 is 0 Å². The van der Waals surface area contributed by atoms with Crippen LogP contribution in [0.3, 0.4) is 0 Å². The molecule has 10 heteroatoms. The van der Waals surface area contributed by atoms with E-state index in [0.717, 1.165) is 50.5 Å². The number of nitrogens with zero attached hydrogens (tertiary/aromatic N) is 5. The summed E-state index contributed by atoms with van der Waals surface area (Å²) in [5, 5.41) is 3.37. The number of rotatable bonds is 3. The average molecular weight is 483 g/mol. The summed E-state index contributed by atoms with van der Waals surface area (Å²) in [6.45, 7) is 4.78. The van der Waals surface area contributed by atoms with E-state index < -0.39 is 0 Å². The summed E-state index contributed by atoms with van der Waals surface area (Å²) in [6, 6.07) is 5.65. The smallest absolute Gasteiger partial charge is 0.274 e. The highest BCUT2D eigenvalue weighted by Gasteiger charge is 2.42. The summed E-state index contributed by atoms with van der Waals surface area (Å²) < 4.78 is 4.11. The average Bonchev–Trinajstić information content (AvgIpc) is 3.00. The van der Waals surface area contributed by atoms with Crippen molar-refractivity contribution in [3.63, 3.8) is 0 Å². The molecule has 32 heavy (non-hydrogen) atoms. The summed E-state index contributed by atoms with van der Waals surface area (Å²) in [5.74, 6) is 1.48. The van der Waals surface area contributed by atoms with E-state index in [1.54, 1.807) is 6.07 Å². The first kappa shape index (κ1) is 24.8. The summed E-state index contributed by atoms with van der Waals surface area (Å²) >= 11 is 0. The van der Waals surface area contributed by atoms with Crippen molar-refractivity contribution in [2.45, 2.75) is 31.3 Å². The van der Waals surface area contributed by atoms with Crippen molar-refractivity contribution < 1.29 is 4.79 Å². The van der Waals surface area contributed by atoms with Crippen LogP contribution in [0.1, 0.15) is 40.4 Å². The van der Waals surface area contributed by atoms with Gasteiger partial charge in [0.1, 0.15) is 11.5 Å². The Bertz CT molecular complexity index is 997. The van der Waals surface area contributed by atoms with Crippen LogP contribution in [-0.4, -0.2) is 76.6 Å². The van der Waals surface area contributed by atoms with Gasteiger partial charge < -0.3 is 24.3 Å². The molecule has 2 bridgehead atoms. The monoisotopic (exact) mass is 482 g/mol. The molecule has 5 heterocycles. The van der Waals surface area contributed by atoms with Crippen molar-refractivity contribution in [1.29, 1.82) is 0 Å². The van der Waals surface area contributed by atoms with Crippen LogP contribution in [-0.2, 0) is 13.0 Å². The number of nitrogens with one attached hydrogen (secondary N) is 1. The number of imidazole rings is 1. The molecule has 2 aromatic rings. The Morgan fingerprint density at radius 2 is 2.03 bits per heavy atom. The van der Waals surface area contributed by atoms with Crippen molar-refractivity contribution in [2.24, 2.45) is 5.92 Å². The van der Waals surface area contributed by atoms with Crippen LogP contribution in [0.25, 0.3) is 0 Å². The van der Waals surface area contributed by atoms with Gasteiger partial charge in [0.25, 0.3) is 11.5 Å². The van der Waals surface area contributed by atoms with Gasteiger partial charge in [-0.25, -0.2) is 4.98 Å². The lowest BCUT2D eigenvalue weighted by Crippen LogP contribution is -2.52. The Morgan fingerprint density at radius 1 is 1.22 bits per heavy atom. The lowest BCUT2D eigenvalue weighted by molar-refractivity contribution is 0.0493. The largest absolute Gasteiger partial charge is 0.336 e. The molecule has 0 unspecified atom stereocenters. The maximum absolute atomic E-state index is 13.4. The van der Waals surface area contributed by atoms with E-state index in [-0.39, 0.29) is 54.2 Å². The van der Waals surface area contributed by atoms with Gasteiger partial charge in [-0.1, -0.05) is 6.07 Å². The van der Waals surface area contributed by atoms with Crippen LogP contribution >= 0.6 is 24.8 Å². The zero-order chi connectivity index (χ0) is 20.8. The van der Waals surface area contributed by atoms with Gasteiger partial charge in [0.2, 0.25) is 0 Å². The Labute approximate surface area is 200 Å². The predicted molar refractivity (Wildman–Crippen MR) is 128 cm³/mol. The molecule has 2 aromatic heterocycles. The summed E-state index contributed by atoms with van der Waals surface area (Å²) in [4.78, 5) is 34.9. The third-order valence-electron chi connectivity index (χ3n) is 6.77. The number of hydrogen-bond donors (Lipinski definition) is 1. The van der Waals surface area contributed by atoms with Crippen LogP contribution in [0, 0.1) is 5.92 Å². The second-order valence-corrected chi connectivity index (χ2v) is 9.13. The molecule has 3 aliphatic heterocycles. The number of likely N-dealkylation sites (N-methyl/N-ethyl adjacent to an activating group) is 1. The number of hydrogen-bond acceptors (Lipinski definition) is 5. The van der Waals surface area contributed by atoms with Gasteiger partial charge in [-0.15, -0.1) is 24.8 Å². The van der Waals surface area contributed by atoms with Crippen LogP contribution < -0.4 is 10.9 Å². The van der Waals surface area contributed by atoms with Gasteiger partial charge in [-0.2, -0.15) is 0 Å². The highest BCUT2D eigenvalue weighted by Crippen LogP contribution is 2.41. The second-order valence-electron chi connectivity index (χ2n) is 9.13. The molecule has 1 saturated heterocycles. The lowest BCUT2D eigenvalue weighted by Gasteiger charge is -2.47. The van der Waals surface area contributed by atoms with Crippen molar-refractivity contribution in [3.05, 3.63) is 52.0 Å². The number of halogens is 2. The topological polar surface area (TPSA) is 75.4 Å². The standard InChI is InChI=1S/C22H30N6O2.2ClH/c1-25(2)14-19-16-10-15(18-4-3-5-21(29)28(18)19)11-27(12-16)22(30)17-13-26-9-8-23-7-6-20(26)24-17;;/h3-5,13,15-16,19,23H,6-12,14H2,1-2H3;2*1H/t15-,16+,19+;;/m1../s1. The van der Waals surface area contributed by atoms with E-state index in [0.29, 0.717) is 18.8 Å². The Balaban J connectivity index is 0.00000144. The van der Waals surface area contributed by atoms with E-state index in [4.69, 9.17) is 0 Å². The Morgan fingerprint density at radius 3 is 2.81 bits per heavy atom. The van der Waals surface area contributed by atoms with Crippen LogP contribution in [0.4, 0.5) is 0 Å². The molecule has 0 spiro atoms. The van der Waals surface area contributed by atoms with Gasteiger partial charge in [0.05, 0.1) is 6.04 Å². The zero-order valence-electron chi connectivity index (χ0n) is 18.6. The van der Waals surface area contributed by atoms with Gasteiger partial charge in [-0.05, 0) is 32.5 Å². The van der Waals surface area contributed by atoms with E-state index in [9.17, 15) is 9.59 Å². The Kier molecular flexibility index (Phi) is 7.70. The van der Waals surface area contributed by atoms with Crippen molar-refractivity contribution in [2.75, 3.05) is 46.8 Å². The maximum atomic E-state index is 13.4. The maximum Gasteiger partial charge on any atom is 0.274 e. The molecule has 0 aromatic carbocycles. The summed E-state index contributed by atoms with van der Waals surface area (Å²) in [5.41, 5.74) is 1.69. The SMILES string of the molecule is CN(C)C[C@H]1[C@H]2C[C@H](CN(C(=O)c3cn4c(n3)CCNCC4)C2)c2cccc(=O)n21.Cl.Cl. The molecule has 3 aliphatic rings. The molecular weight excluding hydrogens is 451 g/mol. The Hall–Kier alpha value is -1.87. The van der Waals surface area contributed by atoms with Crippen molar-refractivity contribution in [3.8, 4) is 0 Å². The number of piperidine rings is 1. The number of pyridine rings is 1. The number of aromatic nitrogens is 3. The number of likely N-dealkylation sites (tertiary alicyclic amines) is 1. The highest BCUT2D eigenvalue weighted by atomic mass is 35.5. The van der Waals surface area contributed by atoms with Crippen LogP contribution in [0.15, 0.2) is 29.2 Å². The molecule has 5 rings (SSSR count). The van der Waals surface area contributed by atoms with Gasteiger partial charge in [-0.3, -0.25) is 9.59 Å². The molecule has 176 valence electrons. The number of fused-ring (bicyclic) bond motifs is 5. The minimum absolute atomic E-state index is 0. The molecule has 3 atom stereocenters. The molecule has 1 N–H and O–H groups in total. The second kappa shape index (κ2) is 9.95. The summed E-state index contributed by atoms with van der Waals surface area (Å²) in [6.07, 6.45) is 3.79. The first-order valence-corrected chi connectivity index (χ1v) is 10.9. The molecule has 8 nitrogen and oxygen atoms in total. The lowest BCUT2D eigenvalue weighted by atomic mass is 9.78. The molecule has 0 aliphatic carbocycles. The zero-order valence-corrected chi connectivity index (χ0v) is 20.2. The minimum Gasteiger partial charge on any atom is -0.336 e. The van der Waals surface area contributed by atoms with E-state index >= 15 is 0 Å². The third kappa shape index (κ3) is 4.46. The molecule has 0 saturated carbocycles. The normalized spacial score (nSPS) is 24.0. The molecule has 0 radical (unpaired) electrons. The fraction of sp³-hybridized carbons (Fsp3) is 0.591. The minimum atomic E-state index is 0. The summed E-state index contributed by atoms with van der Waals surface area (Å²) in [7, 11) is 4.08. The van der Waals surface area contributed by atoms with Crippen LogP contribution in [0.5, 0.6) is 0 Å². The highest BCUT2D eigenvalue weighted by molar-refractivity contribution is 5.92. The predicted octanol–water partition coefficient (Wildman–Crippen LogP) is 1.40. The fourth-order valence-corrected chi connectivity index (χ4v) is 5.45. The molecular formula is C22H32Cl2N6O2. The first-order chi connectivity index (χ1) is 14.5. The van der Waals surface area contributed by atoms with E-state index in [2.05, 4.69) is 25.8 Å². The quantitative estimate of drug-likeness (QED) is 0.715. The molecule has 1 fully saturated rings. The number of amides is 1. The number of carbonyl (C=O) groups excluding carboxylic acids is 1. The van der Waals surface area contributed by atoms with Crippen LogP contribution in [0.2, 0.25) is 0 Å². The van der Waals surface area contributed by atoms with Gasteiger partial charge in [0.15, 0.2) is 0 Å². The van der Waals surface area contributed by atoms with Crippen molar-refractivity contribution in [1.82, 2.24) is 29.2 Å². The third-order valence-corrected chi connectivity index (χ3v) is 6.77. The van der Waals surface area contributed by atoms with Gasteiger partial charge in [0, 0.05) is 69.6 Å². The first-order valence-electron chi connectivity index (χ1n) is 10.9. The number of carbonyl (C=O) groups is 1. The van der Waals surface area contributed by atoms with E-state index in [1.807, 2.05) is 35.8 Å².